The highest BCUT2D eigenvalue weighted by Gasteiger charge is 2.73. The van der Waals surface area contributed by atoms with Crippen molar-refractivity contribution in [1.29, 1.82) is 0 Å². The van der Waals surface area contributed by atoms with E-state index in [4.69, 9.17) is 4.74 Å². The Morgan fingerprint density at radius 1 is 1.12 bits per heavy atom. The summed E-state index contributed by atoms with van der Waals surface area (Å²) < 4.78 is 6.44. The minimum absolute atomic E-state index is 0.110. The average Bonchev–Trinajstić information content (AvgIpc) is 3.38. The van der Waals surface area contributed by atoms with Gasteiger partial charge < -0.3 is 25.4 Å². The minimum atomic E-state index is -1.04. The molecular formula is C38H53NO4. The molecule has 0 saturated heterocycles. The Labute approximate surface area is 258 Å². The molecule has 4 N–H and O–H groups in total. The zero-order valence-corrected chi connectivity index (χ0v) is 27.6. The first-order valence-electron chi connectivity index (χ1n) is 17.0. The Morgan fingerprint density at radius 2 is 1.84 bits per heavy atom. The van der Waals surface area contributed by atoms with E-state index in [0.29, 0.717) is 30.1 Å². The summed E-state index contributed by atoms with van der Waals surface area (Å²) in [5, 5.41) is 39.4. The van der Waals surface area contributed by atoms with Crippen molar-refractivity contribution < 1.29 is 20.1 Å². The Kier molecular flexibility index (Phi) is 5.48. The van der Waals surface area contributed by atoms with E-state index < -0.39 is 28.8 Å². The van der Waals surface area contributed by atoms with Gasteiger partial charge in [-0.05, 0) is 124 Å². The summed E-state index contributed by atoms with van der Waals surface area (Å²) in [6, 6.07) is 0. The van der Waals surface area contributed by atoms with Gasteiger partial charge in [0, 0.05) is 22.4 Å². The van der Waals surface area contributed by atoms with Crippen LogP contribution in [0.15, 0.2) is 58.4 Å². The zero-order valence-electron chi connectivity index (χ0n) is 27.6. The van der Waals surface area contributed by atoms with Crippen LogP contribution in [0.25, 0.3) is 0 Å². The quantitative estimate of drug-likeness (QED) is 0.292. The second kappa shape index (κ2) is 8.18. The molecule has 0 aromatic carbocycles. The number of aliphatic hydroxyl groups is 3. The largest absolute Gasteiger partial charge is 0.390 e. The topological polar surface area (TPSA) is 82.0 Å². The van der Waals surface area contributed by atoms with E-state index in [1.165, 1.54) is 11.3 Å². The first-order chi connectivity index (χ1) is 19.9. The second-order valence-corrected chi connectivity index (χ2v) is 17.7. The summed E-state index contributed by atoms with van der Waals surface area (Å²) in [6.07, 6.45) is 10.9. The number of aliphatic hydroxyl groups excluding tert-OH is 1. The molecule has 43 heavy (non-hydrogen) atoms. The van der Waals surface area contributed by atoms with E-state index in [2.05, 4.69) is 58.7 Å². The highest BCUT2D eigenvalue weighted by Crippen LogP contribution is 2.75. The first kappa shape index (κ1) is 28.8. The molecule has 0 bridgehead atoms. The molecule has 8 aliphatic rings. The molecule has 0 aromatic rings. The van der Waals surface area contributed by atoms with Crippen LogP contribution >= 0.6 is 0 Å². The zero-order chi connectivity index (χ0) is 30.9. The summed E-state index contributed by atoms with van der Waals surface area (Å²) >= 11 is 0. The van der Waals surface area contributed by atoms with E-state index in [1.54, 1.807) is 11.1 Å². The predicted octanol–water partition coefficient (Wildman–Crippen LogP) is 6.13. The van der Waals surface area contributed by atoms with Crippen LogP contribution in [0, 0.1) is 45.8 Å². The van der Waals surface area contributed by atoms with Crippen molar-refractivity contribution in [2.75, 3.05) is 0 Å². The predicted molar refractivity (Wildman–Crippen MR) is 169 cm³/mol. The average molecular weight is 588 g/mol. The molecule has 0 amide bonds. The lowest BCUT2D eigenvalue weighted by atomic mass is 9.42. The van der Waals surface area contributed by atoms with Crippen molar-refractivity contribution in [3.05, 3.63) is 58.4 Å². The first-order valence-corrected chi connectivity index (χ1v) is 17.0. The lowest BCUT2D eigenvalue weighted by Gasteiger charge is -2.65. The van der Waals surface area contributed by atoms with E-state index in [-0.39, 0.29) is 28.4 Å². The fraction of sp³-hybridized carbons (Fsp3) is 0.737. The van der Waals surface area contributed by atoms with Crippen LogP contribution < -0.4 is 5.32 Å². The van der Waals surface area contributed by atoms with Gasteiger partial charge in [0.25, 0.3) is 0 Å². The van der Waals surface area contributed by atoms with Crippen molar-refractivity contribution in [2.45, 2.75) is 129 Å². The second-order valence-electron chi connectivity index (χ2n) is 17.7. The molecule has 0 radical (unpaired) electrons. The highest BCUT2D eigenvalue weighted by molar-refractivity contribution is 5.58. The van der Waals surface area contributed by atoms with Crippen molar-refractivity contribution in [1.82, 2.24) is 5.32 Å². The van der Waals surface area contributed by atoms with Gasteiger partial charge in [-0.15, -0.1) is 0 Å². The van der Waals surface area contributed by atoms with Crippen LogP contribution in [0.2, 0.25) is 0 Å². The van der Waals surface area contributed by atoms with Crippen LogP contribution in [0.3, 0.4) is 0 Å². The Bertz CT molecular complexity index is 1460. The Hall–Kier alpha value is -1.66. The molecule has 5 nitrogen and oxygen atoms in total. The third-order valence-corrected chi connectivity index (χ3v) is 15.0. The molecule has 3 fully saturated rings. The number of allylic oxidation sites excluding steroid dienone is 3. The van der Waals surface area contributed by atoms with Crippen LogP contribution in [0.4, 0.5) is 0 Å². The summed E-state index contributed by atoms with van der Waals surface area (Å²) in [7, 11) is 0. The molecule has 5 unspecified atom stereocenters. The summed E-state index contributed by atoms with van der Waals surface area (Å²) in [5.74, 6) is 2.04. The maximum atomic E-state index is 12.9. The normalized spacial score (nSPS) is 52.1. The summed E-state index contributed by atoms with van der Waals surface area (Å²) in [5.41, 5.74) is 5.32. The highest BCUT2D eigenvalue weighted by atomic mass is 16.5. The molecule has 2 aliphatic heterocycles. The van der Waals surface area contributed by atoms with Crippen LogP contribution in [-0.2, 0) is 4.74 Å². The molecule has 6 aliphatic carbocycles. The molecule has 12 atom stereocenters. The lowest BCUT2D eigenvalue weighted by molar-refractivity contribution is -0.200. The maximum absolute atomic E-state index is 12.9. The summed E-state index contributed by atoms with van der Waals surface area (Å²) in [6.45, 7) is 22.0. The molecule has 5 heteroatoms. The van der Waals surface area contributed by atoms with Gasteiger partial charge >= 0.3 is 0 Å². The molecule has 0 aromatic heterocycles. The van der Waals surface area contributed by atoms with Crippen molar-refractivity contribution in [3.63, 3.8) is 0 Å². The molecule has 234 valence electrons. The van der Waals surface area contributed by atoms with Crippen LogP contribution in [-0.4, -0.2) is 50.4 Å². The van der Waals surface area contributed by atoms with E-state index in [9.17, 15) is 15.3 Å². The fourth-order valence-electron chi connectivity index (χ4n) is 12.5. The van der Waals surface area contributed by atoms with Crippen LogP contribution in [0.5, 0.6) is 0 Å². The third kappa shape index (κ3) is 3.14. The van der Waals surface area contributed by atoms with E-state index >= 15 is 0 Å². The van der Waals surface area contributed by atoms with Gasteiger partial charge in [0.15, 0.2) is 0 Å². The van der Waals surface area contributed by atoms with Gasteiger partial charge in [0.1, 0.15) is 12.2 Å². The van der Waals surface area contributed by atoms with Gasteiger partial charge in [0.05, 0.1) is 22.8 Å². The molecule has 0 spiro atoms. The standard InChI is InChI=1S/C38H53NO4/c1-19(2)31-26(40)18-23-27(43-31)12-14-36(8)37(9)20(10-15-38(23,36)42)16-21-30-29-22(11-13-35(30,7)39-32(21)37)33(3,4)24-17-25(28(24)29)34(5,6)41/h11,13,18,20,24-28,30-31,39-42H,1,10,12,14-17H2,2-9H3/t20?,24-,25-,26+,27?,28-,30?,31?,35?,36+,37+,38+/m0/s1. The maximum Gasteiger partial charge on any atom is 0.108 e. The van der Waals surface area contributed by atoms with Gasteiger partial charge in [-0.3, -0.25) is 0 Å². The minimum Gasteiger partial charge on any atom is -0.390 e. The van der Waals surface area contributed by atoms with Crippen molar-refractivity contribution in [2.24, 2.45) is 45.8 Å². The molecular weight excluding hydrogens is 534 g/mol. The lowest BCUT2D eigenvalue weighted by Crippen LogP contribution is -2.67. The van der Waals surface area contributed by atoms with Crippen LogP contribution in [0.1, 0.15) is 93.9 Å². The smallest absolute Gasteiger partial charge is 0.108 e. The Balaban J connectivity index is 1.24. The number of hydrogen-bond donors (Lipinski definition) is 4. The number of hydrogen-bond acceptors (Lipinski definition) is 5. The Morgan fingerprint density at radius 3 is 2.51 bits per heavy atom. The number of ether oxygens (including phenoxy) is 1. The van der Waals surface area contributed by atoms with E-state index in [1.807, 2.05) is 26.8 Å². The van der Waals surface area contributed by atoms with Gasteiger partial charge in [-0.25, -0.2) is 0 Å². The number of rotatable bonds is 2. The molecule has 2 heterocycles. The van der Waals surface area contributed by atoms with Crippen molar-refractivity contribution in [3.8, 4) is 0 Å². The monoisotopic (exact) mass is 587 g/mol. The number of fused-ring (bicyclic) bond motifs is 11. The van der Waals surface area contributed by atoms with Gasteiger partial charge in [-0.1, -0.05) is 52.0 Å². The van der Waals surface area contributed by atoms with Crippen molar-refractivity contribution >= 4 is 0 Å². The molecule has 3 saturated carbocycles. The third-order valence-electron chi connectivity index (χ3n) is 15.0. The number of nitrogens with one attached hydrogen (secondary N) is 1. The van der Waals surface area contributed by atoms with Gasteiger partial charge in [-0.2, -0.15) is 0 Å². The van der Waals surface area contributed by atoms with Gasteiger partial charge in [0.2, 0.25) is 0 Å². The SMILES string of the molecule is C=C(C)C1OC2CC[C@@]3(C)[C@@](O)(CCC4CC5=C(NC6(C)C=CC7=C(C56)[C@@H]5[C@@H](C(C)(C)O)C[C@@H]5C7(C)C)[C@@]43C)C2=C[C@H]1O. The summed E-state index contributed by atoms with van der Waals surface area (Å²) in [4.78, 5) is 0. The molecule has 8 rings (SSSR count). The fourth-order valence-corrected chi connectivity index (χ4v) is 12.5. The van der Waals surface area contributed by atoms with E-state index in [0.717, 1.165) is 43.3 Å².